The van der Waals surface area contributed by atoms with Crippen LogP contribution in [0.25, 0.3) is 0 Å². The molecule has 0 aliphatic carbocycles. The molecule has 0 heterocycles. The zero-order valence-electron chi connectivity index (χ0n) is 5.45. The molecule has 0 radical (unpaired) electrons. The van der Waals surface area contributed by atoms with Crippen LogP contribution in [-0.2, 0) is 11.2 Å². The van der Waals surface area contributed by atoms with Crippen molar-refractivity contribution in [3.8, 4) is 0 Å². The predicted molar refractivity (Wildman–Crippen MR) is 37.8 cm³/mol. The monoisotopic (exact) mass is 140 g/mol. The Morgan fingerprint density at radius 1 is 1.30 bits per heavy atom. The Hall–Kier alpha value is -1.31. The molecule has 0 atom stereocenters. The van der Waals surface area contributed by atoms with Crippen LogP contribution >= 0.6 is 0 Å². The van der Waals surface area contributed by atoms with Gasteiger partial charge in [0.05, 0.1) is 6.42 Å². The van der Waals surface area contributed by atoms with Gasteiger partial charge in [-0.15, -0.1) is 0 Å². The van der Waals surface area contributed by atoms with Gasteiger partial charge in [-0.1, -0.05) is 30.3 Å². The third-order valence-electron chi connectivity index (χ3n) is 1.20. The molecular weight excluding hydrogens is 132 g/mol. The summed E-state index contributed by atoms with van der Waals surface area (Å²) in [6.07, 6.45) is 0.112. The number of benzene rings is 1. The Kier molecular flexibility index (Phi) is 2.05. The fourth-order valence-electron chi connectivity index (χ4n) is 0.770. The average Bonchev–Trinajstić information content (AvgIpc) is 1.88. The van der Waals surface area contributed by atoms with Gasteiger partial charge in [0.1, 0.15) is 0 Å². The van der Waals surface area contributed by atoms with Gasteiger partial charge in [-0.25, -0.2) is 0 Å². The molecule has 0 spiro atoms. The molecule has 0 bridgehead atoms. The maximum absolute atomic E-state index is 10.2. The van der Waals surface area contributed by atoms with Gasteiger partial charge >= 0.3 is 5.97 Å². The highest BCUT2D eigenvalue weighted by Gasteiger charge is 1.96. The van der Waals surface area contributed by atoms with E-state index < -0.39 is 5.97 Å². The summed E-state index contributed by atoms with van der Waals surface area (Å²) >= 11 is 0. The zero-order valence-corrected chi connectivity index (χ0v) is 5.45. The number of carboxylic acid groups (broad SMARTS) is 1. The normalized spacial score (nSPS) is 9.20. The van der Waals surface area contributed by atoms with Gasteiger partial charge in [0.15, 0.2) is 0 Å². The van der Waals surface area contributed by atoms with Crippen LogP contribution in [0, 0.1) is 0 Å². The molecule has 52 valence electrons. The lowest BCUT2D eigenvalue weighted by Gasteiger charge is -1.92. The third kappa shape index (κ3) is 1.90. The van der Waals surface area contributed by atoms with E-state index in [1.54, 1.807) is 12.1 Å². The van der Waals surface area contributed by atoms with Crippen molar-refractivity contribution in [1.82, 2.24) is 0 Å². The molecule has 0 fully saturated rings. The first-order valence-electron chi connectivity index (χ1n) is 3.05. The maximum Gasteiger partial charge on any atom is 0.307 e. The van der Waals surface area contributed by atoms with Crippen molar-refractivity contribution in [2.45, 2.75) is 6.42 Å². The zero-order chi connectivity index (χ0) is 7.40. The van der Waals surface area contributed by atoms with Gasteiger partial charge in [0.2, 0.25) is 0 Å². The van der Waals surface area contributed by atoms with Crippen molar-refractivity contribution < 1.29 is 9.90 Å². The number of rotatable bonds is 2. The lowest BCUT2D eigenvalue weighted by Crippen LogP contribution is -1.98. The molecule has 1 aromatic rings. The summed E-state index contributed by atoms with van der Waals surface area (Å²) in [6.45, 7) is 0. The second kappa shape index (κ2) is 3.01. The molecule has 10 heavy (non-hydrogen) atoms. The molecule has 0 aliphatic heterocycles. The van der Waals surface area contributed by atoms with E-state index in [1.807, 2.05) is 18.2 Å². The molecule has 0 unspecified atom stereocenters. The molecule has 0 aliphatic rings. The number of hydrogen-bond acceptors (Lipinski definition) is 1. The molecule has 2 nitrogen and oxygen atoms in total. The fourth-order valence-corrected chi connectivity index (χ4v) is 0.770. The number of carbonyl (C=O) groups is 1. The molecule has 0 aromatic heterocycles. The predicted octanol–water partition coefficient (Wildman–Crippen LogP) is 1.31. The van der Waals surface area contributed by atoms with E-state index in [0.717, 1.165) is 5.56 Å². The molecular formula is C8H8O2. The van der Waals surface area contributed by atoms with Crippen molar-refractivity contribution >= 4 is 5.97 Å². The van der Waals surface area contributed by atoms with Crippen molar-refractivity contribution in [3.05, 3.63) is 35.9 Å². The summed E-state index contributed by atoms with van der Waals surface area (Å²) in [7, 11) is 0. The Labute approximate surface area is 59.1 Å². The lowest BCUT2D eigenvalue weighted by atomic mass is 10.2. The van der Waals surface area contributed by atoms with Crippen LogP contribution in [0.3, 0.4) is 0 Å². The minimum atomic E-state index is -0.786. The van der Waals surface area contributed by atoms with Crippen LogP contribution in [0.5, 0.6) is 0 Å². The fraction of sp³-hybridized carbons (Fsp3) is 0.125. The summed E-state index contributed by atoms with van der Waals surface area (Å²) in [4.78, 5) is 10.2. The van der Waals surface area contributed by atoms with Crippen molar-refractivity contribution in [3.63, 3.8) is 0 Å². The molecule has 1 N–H and O–H groups in total. The second-order valence-corrected chi connectivity index (χ2v) is 2.06. The molecule has 0 amide bonds. The first-order valence-corrected chi connectivity index (χ1v) is 3.05. The minimum Gasteiger partial charge on any atom is -0.481 e. The van der Waals surface area contributed by atoms with Crippen LogP contribution in [0.2, 0.25) is 0 Å². The number of aliphatic carboxylic acids is 1. The highest BCUT2D eigenvalue weighted by molar-refractivity contribution is 5.70. The van der Waals surface area contributed by atoms with Crippen LogP contribution in [0.4, 0.5) is 0 Å². The van der Waals surface area contributed by atoms with Gasteiger partial charge in [0.25, 0.3) is 0 Å². The number of carboxylic acids is 1. The number of hydrogen-bond donors (Lipinski definition) is 1. The SMILES string of the molecule is [18O]=C([18OH])Cc1ccccc1. The highest BCUT2D eigenvalue weighted by Crippen LogP contribution is 1.98. The lowest BCUT2D eigenvalue weighted by molar-refractivity contribution is -0.136. The van der Waals surface area contributed by atoms with E-state index in [4.69, 9.17) is 5.11 Å². The van der Waals surface area contributed by atoms with Crippen LogP contribution < -0.4 is 0 Å². The molecule has 1 rings (SSSR count). The topological polar surface area (TPSA) is 37.3 Å². The molecule has 0 saturated heterocycles. The van der Waals surface area contributed by atoms with Crippen LogP contribution in [-0.4, -0.2) is 11.1 Å². The van der Waals surface area contributed by atoms with Gasteiger partial charge in [-0.05, 0) is 5.56 Å². The Morgan fingerprint density at radius 3 is 2.40 bits per heavy atom. The molecule has 0 saturated carbocycles. The summed E-state index contributed by atoms with van der Waals surface area (Å²) < 4.78 is 0. The smallest absolute Gasteiger partial charge is 0.307 e. The first-order chi connectivity index (χ1) is 4.79. The van der Waals surface area contributed by atoms with E-state index in [-0.39, 0.29) is 6.42 Å². The van der Waals surface area contributed by atoms with E-state index in [0.29, 0.717) is 0 Å². The first kappa shape index (κ1) is 6.81. The summed E-state index contributed by atoms with van der Waals surface area (Å²) in [5.41, 5.74) is 0.843. The van der Waals surface area contributed by atoms with E-state index >= 15 is 0 Å². The minimum absolute atomic E-state index is 0.112. The second-order valence-electron chi connectivity index (χ2n) is 2.06. The summed E-state index contributed by atoms with van der Waals surface area (Å²) in [5, 5.41) is 8.37. The third-order valence-corrected chi connectivity index (χ3v) is 1.20. The van der Waals surface area contributed by atoms with Crippen LogP contribution in [0.1, 0.15) is 5.56 Å². The van der Waals surface area contributed by atoms with Gasteiger partial charge in [-0.2, -0.15) is 0 Å². The highest BCUT2D eigenvalue weighted by atomic mass is 18.2. The van der Waals surface area contributed by atoms with E-state index in [9.17, 15) is 4.79 Å². The van der Waals surface area contributed by atoms with E-state index in [1.165, 1.54) is 0 Å². The summed E-state index contributed by atoms with van der Waals surface area (Å²) in [6, 6.07) is 9.13. The Morgan fingerprint density at radius 2 is 1.90 bits per heavy atom. The quantitative estimate of drug-likeness (QED) is 0.629. The largest absolute Gasteiger partial charge is 0.481 e. The van der Waals surface area contributed by atoms with Crippen LogP contribution in [0.15, 0.2) is 30.3 Å². The standard InChI is InChI=1S/C8H8O2/c9-8(10)6-7-4-2-1-3-5-7/h1-5H,6H2,(H,9,10)/i9+2,10+2. The van der Waals surface area contributed by atoms with Gasteiger partial charge in [-0.3, -0.25) is 4.79 Å². The average molecular weight is 140 g/mol. The van der Waals surface area contributed by atoms with Crippen molar-refractivity contribution in [2.75, 3.05) is 0 Å². The summed E-state index contributed by atoms with van der Waals surface area (Å²) in [5.74, 6) is -0.786. The Bertz CT molecular complexity index is 216. The molecule has 1 aromatic carbocycles. The van der Waals surface area contributed by atoms with Gasteiger partial charge < -0.3 is 5.11 Å². The Balaban J connectivity index is 2.67. The maximum atomic E-state index is 10.2. The van der Waals surface area contributed by atoms with Crippen molar-refractivity contribution in [2.24, 2.45) is 0 Å². The van der Waals surface area contributed by atoms with Crippen molar-refractivity contribution in [1.29, 1.82) is 0 Å². The van der Waals surface area contributed by atoms with Gasteiger partial charge in [0, 0.05) is 0 Å². The molecule has 2 heteroatoms. The van der Waals surface area contributed by atoms with E-state index in [2.05, 4.69) is 0 Å².